The van der Waals surface area contributed by atoms with Gasteiger partial charge in [0.05, 0.1) is 0 Å². The Bertz CT molecular complexity index is 1030. The molecule has 1 N–H and O–H groups in total. The van der Waals surface area contributed by atoms with Crippen molar-refractivity contribution in [3.05, 3.63) is 64.7 Å². The number of nitrogens with one attached hydrogen (secondary N) is 1. The Morgan fingerprint density at radius 3 is 2.50 bits per heavy atom. The molecule has 0 radical (unpaired) electrons. The molecule has 6 nitrogen and oxygen atoms in total. The molecule has 0 aliphatic carbocycles. The van der Waals surface area contributed by atoms with E-state index in [0.717, 1.165) is 54.7 Å². The van der Waals surface area contributed by atoms with Gasteiger partial charge in [0.15, 0.2) is 0 Å². The topological polar surface area (TPSA) is 69.7 Å². The van der Waals surface area contributed by atoms with Crippen LogP contribution in [0.3, 0.4) is 0 Å². The molecule has 4 rings (SSSR count). The molecule has 2 aliphatic heterocycles. The van der Waals surface area contributed by atoms with Crippen LogP contribution in [0, 0.1) is 6.92 Å². The van der Waals surface area contributed by atoms with E-state index in [1.54, 1.807) is 4.90 Å². The molecule has 0 aromatic heterocycles. The van der Waals surface area contributed by atoms with Gasteiger partial charge in [0, 0.05) is 43.7 Å². The van der Waals surface area contributed by atoms with E-state index in [9.17, 15) is 14.4 Å². The first-order valence-electron chi connectivity index (χ1n) is 11.5. The van der Waals surface area contributed by atoms with Crippen LogP contribution < -0.4 is 5.32 Å². The molecule has 0 spiro atoms. The number of rotatable bonds is 4. The SMILES string of the molecule is CCC(=O)Nc1ccc2c(c1)CN(C(=O)c1cccc(C)c1)[C@H](C(=O)N1CCCCC1)C2. The Labute approximate surface area is 189 Å². The normalized spacial score (nSPS) is 18.1. The highest BCUT2D eigenvalue weighted by molar-refractivity contribution is 5.98. The standard InChI is InChI=1S/C26H31N3O3/c1-3-24(30)27-22-11-10-19-16-23(26(32)28-12-5-4-6-13-28)29(17-21(19)15-22)25(31)20-9-7-8-18(2)14-20/h7-11,14-15,23H,3-6,12-13,16-17H2,1-2H3,(H,27,30)/t23-/m0/s1. The number of hydrogen-bond acceptors (Lipinski definition) is 3. The second-order valence-corrected chi connectivity index (χ2v) is 8.79. The quantitative estimate of drug-likeness (QED) is 0.795. The molecule has 1 saturated heterocycles. The third-order valence-corrected chi connectivity index (χ3v) is 6.42. The van der Waals surface area contributed by atoms with Gasteiger partial charge in [0.2, 0.25) is 11.8 Å². The summed E-state index contributed by atoms with van der Waals surface area (Å²) in [7, 11) is 0. The van der Waals surface area contributed by atoms with Crippen molar-refractivity contribution < 1.29 is 14.4 Å². The Morgan fingerprint density at radius 1 is 1.00 bits per heavy atom. The summed E-state index contributed by atoms with van der Waals surface area (Å²) >= 11 is 0. The Kier molecular flexibility index (Phi) is 6.58. The number of amides is 3. The van der Waals surface area contributed by atoms with E-state index in [1.165, 1.54) is 0 Å². The summed E-state index contributed by atoms with van der Waals surface area (Å²) < 4.78 is 0. The van der Waals surface area contributed by atoms with Crippen LogP contribution >= 0.6 is 0 Å². The maximum atomic E-state index is 13.6. The van der Waals surface area contributed by atoms with Gasteiger partial charge in [-0.3, -0.25) is 14.4 Å². The summed E-state index contributed by atoms with van der Waals surface area (Å²) in [6, 6.07) is 12.8. The highest BCUT2D eigenvalue weighted by atomic mass is 16.2. The van der Waals surface area contributed by atoms with Gasteiger partial charge >= 0.3 is 0 Å². The van der Waals surface area contributed by atoms with Gasteiger partial charge in [-0.1, -0.05) is 30.7 Å². The highest BCUT2D eigenvalue weighted by Crippen LogP contribution is 2.29. The summed E-state index contributed by atoms with van der Waals surface area (Å²) in [4.78, 5) is 42.5. The van der Waals surface area contributed by atoms with E-state index in [0.29, 0.717) is 24.9 Å². The van der Waals surface area contributed by atoms with Gasteiger partial charge in [0.1, 0.15) is 6.04 Å². The first kappa shape index (κ1) is 22.1. The molecule has 32 heavy (non-hydrogen) atoms. The number of aryl methyl sites for hydroxylation is 1. The molecular formula is C26H31N3O3. The van der Waals surface area contributed by atoms with Crippen molar-refractivity contribution >= 4 is 23.4 Å². The number of piperidine rings is 1. The lowest BCUT2D eigenvalue weighted by Crippen LogP contribution is -2.54. The zero-order valence-corrected chi connectivity index (χ0v) is 18.9. The van der Waals surface area contributed by atoms with Crippen LogP contribution in [0.15, 0.2) is 42.5 Å². The van der Waals surface area contributed by atoms with E-state index < -0.39 is 6.04 Å². The molecule has 2 aromatic rings. The minimum absolute atomic E-state index is 0.0414. The summed E-state index contributed by atoms with van der Waals surface area (Å²) in [6.07, 6.45) is 4.07. The number of benzene rings is 2. The monoisotopic (exact) mass is 433 g/mol. The third kappa shape index (κ3) is 4.69. The maximum absolute atomic E-state index is 13.6. The second-order valence-electron chi connectivity index (χ2n) is 8.79. The molecule has 0 unspecified atom stereocenters. The number of nitrogens with zero attached hydrogens (tertiary/aromatic N) is 2. The largest absolute Gasteiger partial charge is 0.341 e. The fourth-order valence-corrected chi connectivity index (χ4v) is 4.61. The first-order chi connectivity index (χ1) is 15.5. The predicted octanol–water partition coefficient (Wildman–Crippen LogP) is 3.92. The molecule has 168 valence electrons. The number of carbonyl (C=O) groups is 3. The fraction of sp³-hybridized carbons (Fsp3) is 0.423. The summed E-state index contributed by atoms with van der Waals surface area (Å²) in [5.74, 6) is -0.135. The lowest BCUT2D eigenvalue weighted by atomic mass is 9.91. The van der Waals surface area contributed by atoms with Crippen molar-refractivity contribution in [2.75, 3.05) is 18.4 Å². The first-order valence-corrected chi connectivity index (χ1v) is 11.5. The van der Waals surface area contributed by atoms with E-state index in [2.05, 4.69) is 5.32 Å². The lowest BCUT2D eigenvalue weighted by molar-refractivity contribution is -0.137. The molecule has 1 atom stereocenters. The predicted molar refractivity (Wildman–Crippen MR) is 124 cm³/mol. The van der Waals surface area contributed by atoms with E-state index in [4.69, 9.17) is 0 Å². The summed E-state index contributed by atoms with van der Waals surface area (Å²) in [5, 5.41) is 2.89. The number of fused-ring (bicyclic) bond motifs is 1. The van der Waals surface area contributed by atoms with Crippen LogP contribution in [0.5, 0.6) is 0 Å². The van der Waals surface area contributed by atoms with E-state index in [-0.39, 0.29) is 17.7 Å². The van der Waals surface area contributed by atoms with Crippen LogP contribution in [-0.2, 0) is 22.6 Å². The molecular weight excluding hydrogens is 402 g/mol. The lowest BCUT2D eigenvalue weighted by Gasteiger charge is -2.39. The number of hydrogen-bond donors (Lipinski definition) is 1. The van der Waals surface area contributed by atoms with Gasteiger partial charge in [0.25, 0.3) is 5.91 Å². The third-order valence-electron chi connectivity index (χ3n) is 6.42. The summed E-state index contributed by atoms with van der Waals surface area (Å²) in [6.45, 7) is 5.64. The minimum Gasteiger partial charge on any atom is -0.341 e. The number of anilines is 1. The molecule has 6 heteroatoms. The van der Waals surface area contributed by atoms with Crippen molar-refractivity contribution in [1.29, 1.82) is 0 Å². The van der Waals surface area contributed by atoms with E-state index in [1.807, 2.05) is 61.2 Å². The smallest absolute Gasteiger partial charge is 0.254 e. The van der Waals surface area contributed by atoms with Crippen LogP contribution in [0.2, 0.25) is 0 Å². The molecule has 0 bridgehead atoms. The zero-order chi connectivity index (χ0) is 22.7. The van der Waals surface area contributed by atoms with E-state index >= 15 is 0 Å². The Morgan fingerprint density at radius 2 is 1.78 bits per heavy atom. The molecule has 2 aliphatic rings. The van der Waals surface area contributed by atoms with Crippen molar-refractivity contribution in [1.82, 2.24) is 9.80 Å². The number of carbonyl (C=O) groups excluding carboxylic acids is 3. The van der Waals surface area contributed by atoms with Crippen molar-refractivity contribution in [3.8, 4) is 0 Å². The van der Waals surface area contributed by atoms with Crippen LogP contribution in [-0.4, -0.2) is 46.7 Å². The number of likely N-dealkylation sites (tertiary alicyclic amines) is 1. The maximum Gasteiger partial charge on any atom is 0.254 e. The Hall–Kier alpha value is -3.15. The Balaban J connectivity index is 1.66. The van der Waals surface area contributed by atoms with Crippen molar-refractivity contribution in [2.24, 2.45) is 0 Å². The molecule has 3 amide bonds. The van der Waals surface area contributed by atoms with Gasteiger partial charge in [-0.25, -0.2) is 0 Å². The average Bonchev–Trinajstić information content (AvgIpc) is 2.82. The highest BCUT2D eigenvalue weighted by Gasteiger charge is 2.37. The average molecular weight is 434 g/mol. The van der Waals surface area contributed by atoms with Gasteiger partial charge in [-0.15, -0.1) is 0 Å². The minimum atomic E-state index is -0.510. The van der Waals surface area contributed by atoms with Gasteiger partial charge < -0.3 is 15.1 Å². The van der Waals surface area contributed by atoms with Gasteiger partial charge in [-0.2, -0.15) is 0 Å². The second kappa shape index (κ2) is 9.55. The molecule has 1 fully saturated rings. The van der Waals surface area contributed by atoms with Crippen LogP contribution in [0.25, 0.3) is 0 Å². The van der Waals surface area contributed by atoms with Gasteiger partial charge in [-0.05, 0) is 61.6 Å². The molecule has 0 saturated carbocycles. The molecule has 2 aromatic carbocycles. The fourth-order valence-electron chi connectivity index (χ4n) is 4.61. The molecule has 2 heterocycles. The summed E-state index contributed by atoms with van der Waals surface area (Å²) in [5.41, 5.74) is 4.36. The van der Waals surface area contributed by atoms with Crippen molar-refractivity contribution in [2.45, 2.75) is 58.5 Å². The van der Waals surface area contributed by atoms with Crippen LogP contribution in [0.1, 0.15) is 59.7 Å². The van der Waals surface area contributed by atoms with Crippen LogP contribution in [0.4, 0.5) is 5.69 Å². The van der Waals surface area contributed by atoms with Crippen molar-refractivity contribution in [3.63, 3.8) is 0 Å². The zero-order valence-electron chi connectivity index (χ0n) is 18.9.